The zero-order valence-electron chi connectivity index (χ0n) is 17.8. The molecule has 1 unspecified atom stereocenters. The van der Waals surface area contributed by atoms with Gasteiger partial charge in [-0.1, -0.05) is 36.4 Å². The summed E-state index contributed by atoms with van der Waals surface area (Å²) in [6, 6.07) is 15.8. The third kappa shape index (κ3) is 5.99. The molecular weight excluding hydrogens is 430 g/mol. The Bertz CT molecular complexity index is 1170. The standard InChI is InChI=1S/C23H23N3O5S/c1-23(2,3)31-22(29)24-13-17(14-7-5-4-6-8-14)20(27)25-16-10-9-15-11-19(21(28)26-30)32-18(15)12-16/h4-13,17,30H,1-3H3,(H,25,27)(H,26,28)/b24-13+. The Morgan fingerprint density at radius 3 is 2.47 bits per heavy atom. The largest absolute Gasteiger partial charge is 0.442 e. The van der Waals surface area contributed by atoms with Gasteiger partial charge in [-0.2, -0.15) is 4.99 Å². The van der Waals surface area contributed by atoms with Gasteiger partial charge >= 0.3 is 6.09 Å². The highest BCUT2D eigenvalue weighted by Crippen LogP contribution is 2.29. The minimum Gasteiger partial charge on any atom is -0.442 e. The number of benzene rings is 2. The van der Waals surface area contributed by atoms with E-state index in [1.165, 1.54) is 17.6 Å². The van der Waals surface area contributed by atoms with Gasteiger partial charge < -0.3 is 10.1 Å². The summed E-state index contributed by atoms with van der Waals surface area (Å²) < 4.78 is 5.95. The minimum atomic E-state index is -0.821. The first-order chi connectivity index (χ1) is 15.2. The molecule has 0 aliphatic heterocycles. The van der Waals surface area contributed by atoms with Crippen molar-refractivity contribution in [2.24, 2.45) is 4.99 Å². The summed E-state index contributed by atoms with van der Waals surface area (Å²) in [5.41, 5.74) is 2.10. The van der Waals surface area contributed by atoms with Crippen LogP contribution in [0.15, 0.2) is 59.6 Å². The number of hydrogen-bond donors (Lipinski definition) is 3. The van der Waals surface area contributed by atoms with Gasteiger partial charge in [0, 0.05) is 16.6 Å². The number of anilines is 1. The number of aliphatic imine (C=N–C) groups is 1. The van der Waals surface area contributed by atoms with E-state index in [1.807, 2.05) is 6.07 Å². The Balaban J connectivity index is 1.83. The third-order valence-electron chi connectivity index (χ3n) is 4.28. The lowest BCUT2D eigenvalue weighted by atomic mass is 9.99. The molecular formula is C23H23N3O5S. The first kappa shape index (κ1) is 23.1. The van der Waals surface area contributed by atoms with Crippen molar-refractivity contribution in [3.63, 3.8) is 0 Å². The summed E-state index contributed by atoms with van der Waals surface area (Å²) in [7, 11) is 0. The molecule has 8 nitrogen and oxygen atoms in total. The van der Waals surface area contributed by atoms with E-state index in [4.69, 9.17) is 9.94 Å². The van der Waals surface area contributed by atoms with Gasteiger partial charge in [0.15, 0.2) is 0 Å². The molecule has 1 atom stereocenters. The molecule has 9 heteroatoms. The number of hydrogen-bond acceptors (Lipinski definition) is 6. The fourth-order valence-electron chi connectivity index (χ4n) is 2.89. The van der Waals surface area contributed by atoms with Crippen LogP contribution in [0.2, 0.25) is 0 Å². The lowest BCUT2D eigenvalue weighted by molar-refractivity contribution is -0.116. The van der Waals surface area contributed by atoms with Gasteiger partial charge in [0.1, 0.15) is 5.60 Å². The summed E-state index contributed by atoms with van der Waals surface area (Å²) >= 11 is 1.18. The second kappa shape index (κ2) is 9.71. The van der Waals surface area contributed by atoms with Crippen LogP contribution in [0.25, 0.3) is 10.1 Å². The fraction of sp³-hybridized carbons (Fsp3) is 0.217. The van der Waals surface area contributed by atoms with Crippen LogP contribution in [0.1, 0.15) is 41.9 Å². The number of nitrogens with zero attached hydrogens (tertiary/aromatic N) is 1. The second-order valence-electron chi connectivity index (χ2n) is 7.94. The number of carbonyl (C=O) groups is 3. The van der Waals surface area contributed by atoms with Crippen molar-refractivity contribution in [1.82, 2.24) is 5.48 Å². The van der Waals surface area contributed by atoms with Crippen molar-refractivity contribution >= 4 is 51.2 Å². The number of ether oxygens (including phenoxy) is 1. The molecule has 1 aromatic heterocycles. The maximum absolute atomic E-state index is 13.1. The van der Waals surface area contributed by atoms with Crippen LogP contribution in [-0.2, 0) is 9.53 Å². The smallest absolute Gasteiger partial charge is 0.433 e. The highest BCUT2D eigenvalue weighted by molar-refractivity contribution is 7.20. The molecule has 0 bridgehead atoms. The van der Waals surface area contributed by atoms with Gasteiger partial charge in [-0.25, -0.2) is 10.3 Å². The zero-order chi connectivity index (χ0) is 23.3. The summed E-state index contributed by atoms with van der Waals surface area (Å²) in [5.74, 6) is -1.80. The molecule has 3 rings (SSSR count). The van der Waals surface area contributed by atoms with Gasteiger partial charge in [0.25, 0.3) is 5.91 Å². The van der Waals surface area contributed by atoms with Crippen molar-refractivity contribution in [2.75, 3.05) is 5.32 Å². The Labute approximate surface area is 188 Å². The van der Waals surface area contributed by atoms with E-state index in [0.29, 0.717) is 16.1 Å². The van der Waals surface area contributed by atoms with Crippen molar-refractivity contribution in [3.05, 3.63) is 65.0 Å². The van der Waals surface area contributed by atoms with Crippen LogP contribution < -0.4 is 10.8 Å². The van der Waals surface area contributed by atoms with Crippen molar-refractivity contribution < 1.29 is 24.3 Å². The van der Waals surface area contributed by atoms with Crippen LogP contribution in [0.4, 0.5) is 10.5 Å². The lowest BCUT2D eigenvalue weighted by Gasteiger charge is -2.17. The summed E-state index contributed by atoms with van der Waals surface area (Å²) in [4.78, 5) is 40.9. The van der Waals surface area contributed by atoms with E-state index >= 15 is 0 Å². The maximum Gasteiger partial charge on any atom is 0.433 e. The average molecular weight is 454 g/mol. The normalized spacial score (nSPS) is 12.5. The van der Waals surface area contributed by atoms with Crippen molar-refractivity contribution in [2.45, 2.75) is 32.3 Å². The van der Waals surface area contributed by atoms with Crippen LogP contribution in [0.3, 0.4) is 0 Å². The van der Waals surface area contributed by atoms with Crippen LogP contribution in [0.5, 0.6) is 0 Å². The van der Waals surface area contributed by atoms with Gasteiger partial charge in [-0.15, -0.1) is 11.3 Å². The van der Waals surface area contributed by atoms with Gasteiger partial charge in [-0.05, 0) is 49.9 Å². The Kier molecular flexibility index (Phi) is 7.01. The van der Waals surface area contributed by atoms with Crippen LogP contribution >= 0.6 is 11.3 Å². The molecule has 1 heterocycles. The Morgan fingerprint density at radius 2 is 1.81 bits per heavy atom. The fourth-order valence-corrected chi connectivity index (χ4v) is 3.88. The number of hydroxylamine groups is 1. The first-order valence-electron chi connectivity index (χ1n) is 9.77. The van der Waals surface area contributed by atoms with Gasteiger partial charge in [0.05, 0.1) is 10.8 Å². The summed E-state index contributed by atoms with van der Waals surface area (Å²) in [5, 5.41) is 12.4. The van der Waals surface area contributed by atoms with Crippen LogP contribution in [0, 0.1) is 0 Å². The average Bonchev–Trinajstić information content (AvgIpc) is 3.16. The van der Waals surface area contributed by atoms with Crippen LogP contribution in [-0.4, -0.2) is 34.9 Å². The molecule has 0 aliphatic carbocycles. The predicted molar refractivity (Wildman–Crippen MR) is 124 cm³/mol. The topological polar surface area (TPSA) is 117 Å². The van der Waals surface area contributed by atoms with E-state index < -0.39 is 23.5 Å². The molecule has 166 valence electrons. The van der Waals surface area contributed by atoms with Gasteiger partial charge in [-0.3, -0.25) is 14.8 Å². The van der Waals surface area contributed by atoms with Gasteiger partial charge in [0.2, 0.25) is 5.91 Å². The highest BCUT2D eigenvalue weighted by Gasteiger charge is 2.21. The molecule has 0 aliphatic rings. The Morgan fingerprint density at radius 1 is 1.09 bits per heavy atom. The third-order valence-corrected chi connectivity index (χ3v) is 5.37. The molecule has 0 saturated heterocycles. The number of amides is 3. The number of thiophene rings is 1. The summed E-state index contributed by atoms with van der Waals surface area (Å²) in [6.45, 7) is 5.20. The van der Waals surface area contributed by atoms with Crippen molar-refractivity contribution in [3.8, 4) is 0 Å². The lowest BCUT2D eigenvalue weighted by Crippen LogP contribution is -2.24. The molecule has 32 heavy (non-hydrogen) atoms. The van der Waals surface area contributed by atoms with E-state index in [2.05, 4.69) is 10.3 Å². The predicted octanol–water partition coefficient (Wildman–Crippen LogP) is 4.75. The summed E-state index contributed by atoms with van der Waals surface area (Å²) in [6.07, 6.45) is 0.493. The molecule has 0 saturated carbocycles. The molecule has 3 N–H and O–H groups in total. The zero-order valence-corrected chi connectivity index (χ0v) is 18.6. The maximum atomic E-state index is 13.1. The molecule has 3 amide bonds. The Hall–Kier alpha value is -3.56. The SMILES string of the molecule is CC(C)(C)OC(=O)/N=C/C(C(=O)Nc1ccc2cc(C(=O)NO)sc2c1)c1ccccc1. The van der Waals surface area contributed by atoms with E-state index in [0.717, 1.165) is 10.1 Å². The number of rotatable bonds is 5. The minimum absolute atomic E-state index is 0.345. The molecule has 0 radical (unpaired) electrons. The number of carbonyl (C=O) groups excluding carboxylic acids is 3. The van der Waals surface area contributed by atoms with E-state index in [9.17, 15) is 14.4 Å². The molecule has 2 aromatic carbocycles. The highest BCUT2D eigenvalue weighted by atomic mass is 32.1. The molecule has 3 aromatic rings. The first-order valence-corrected chi connectivity index (χ1v) is 10.6. The monoisotopic (exact) mass is 453 g/mol. The second-order valence-corrected chi connectivity index (χ2v) is 9.02. The van der Waals surface area contributed by atoms with E-state index in [-0.39, 0.29) is 5.91 Å². The van der Waals surface area contributed by atoms with Crippen molar-refractivity contribution in [1.29, 1.82) is 0 Å². The molecule has 0 fully saturated rings. The molecule has 0 spiro atoms. The quantitative estimate of drug-likeness (QED) is 0.293. The number of fused-ring (bicyclic) bond motifs is 1. The van der Waals surface area contributed by atoms with E-state index in [1.54, 1.807) is 74.8 Å². The number of nitrogens with one attached hydrogen (secondary N) is 2.